The molecule has 1 unspecified atom stereocenters. The third-order valence-electron chi connectivity index (χ3n) is 2.12. The summed E-state index contributed by atoms with van der Waals surface area (Å²) in [7, 11) is -7.30. The van der Waals surface area contributed by atoms with Gasteiger partial charge in [0.25, 0.3) is 0 Å². The molecule has 0 aliphatic rings. The van der Waals surface area contributed by atoms with Gasteiger partial charge in [-0.25, -0.2) is 16.8 Å². The van der Waals surface area contributed by atoms with Crippen LogP contribution in [0.15, 0.2) is 21.7 Å². The zero-order valence-electron chi connectivity index (χ0n) is 8.37. The standard InChI is InChI=1S/C8H12O4S3/c1-3-14(9,10)7(2)15(11,12)8-5-4-6-13-8/h4-7H,3H2,1-2H3. The van der Waals surface area contributed by atoms with Crippen molar-refractivity contribution >= 4 is 31.0 Å². The maximum Gasteiger partial charge on any atom is 0.204 e. The summed E-state index contributed by atoms with van der Waals surface area (Å²) < 4.78 is 45.3. The molecule has 1 atom stereocenters. The maximum atomic E-state index is 11.8. The van der Waals surface area contributed by atoms with Crippen LogP contribution < -0.4 is 0 Å². The summed E-state index contributed by atoms with van der Waals surface area (Å²) in [6.45, 7) is 2.66. The average molecular weight is 268 g/mol. The topological polar surface area (TPSA) is 68.3 Å². The summed E-state index contributed by atoms with van der Waals surface area (Å²) in [4.78, 5) is 0. The molecular formula is C8H12O4S3. The van der Waals surface area contributed by atoms with Crippen molar-refractivity contribution in [3.8, 4) is 0 Å². The number of sulfone groups is 2. The summed E-state index contributed by atoms with van der Waals surface area (Å²) in [5, 5.41) is 1.61. The van der Waals surface area contributed by atoms with E-state index in [4.69, 9.17) is 0 Å². The fourth-order valence-corrected chi connectivity index (χ4v) is 6.11. The normalized spacial score (nSPS) is 15.1. The maximum absolute atomic E-state index is 11.8. The van der Waals surface area contributed by atoms with Crippen LogP contribution >= 0.6 is 11.3 Å². The molecule has 0 aliphatic carbocycles. The third kappa shape index (κ3) is 2.40. The van der Waals surface area contributed by atoms with Crippen LogP contribution in [0, 0.1) is 0 Å². The molecule has 7 heteroatoms. The van der Waals surface area contributed by atoms with E-state index in [0.717, 1.165) is 11.3 Å². The van der Waals surface area contributed by atoms with Crippen LogP contribution in [-0.2, 0) is 19.7 Å². The van der Waals surface area contributed by atoms with Crippen molar-refractivity contribution < 1.29 is 16.8 Å². The molecule has 0 aliphatic heterocycles. The second kappa shape index (κ2) is 4.23. The van der Waals surface area contributed by atoms with Gasteiger partial charge in [0.15, 0.2) is 14.4 Å². The fraction of sp³-hybridized carbons (Fsp3) is 0.500. The van der Waals surface area contributed by atoms with E-state index >= 15 is 0 Å². The minimum atomic E-state index is -3.73. The molecule has 4 nitrogen and oxygen atoms in total. The van der Waals surface area contributed by atoms with E-state index in [9.17, 15) is 16.8 Å². The molecule has 1 heterocycles. The van der Waals surface area contributed by atoms with E-state index in [1.165, 1.54) is 19.9 Å². The number of hydrogen-bond donors (Lipinski definition) is 0. The van der Waals surface area contributed by atoms with Crippen LogP contribution in [0.4, 0.5) is 0 Å². The predicted octanol–water partition coefficient (Wildman–Crippen LogP) is 1.30. The molecule has 0 spiro atoms. The lowest BCUT2D eigenvalue weighted by Gasteiger charge is -2.10. The van der Waals surface area contributed by atoms with Crippen molar-refractivity contribution in [2.45, 2.75) is 22.6 Å². The van der Waals surface area contributed by atoms with Gasteiger partial charge < -0.3 is 0 Å². The Bertz CT molecular complexity index is 510. The lowest BCUT2D eigenvalue weighted by molar-refractivity contribution is 0.579. The summed E-state index contributed by atoms with van der Waals surface area (Å²) >= 11 is 1.03. The molecule has 0 radical (unpaired) electrons. The van der Waals surface area contributed by atoms with Crippen molar-refractivity contribution in [2.24, 2.45) is 0 Å². The Morgan fingerprint density at radius 2 is 1.93 bits per heavy atom. The number of hydrogen-bond acceptors (Lipinski definition) is 5. The third-order valence-corrected chi connectivity index (χ3v) is 8.79. The van der Waals surface area contributed by atoms with Crippen molar-refractivity contribution in [1.82, 2.24) is 0 Å². The van der Waals surface area contributed by atoms with Gasteiger partial charge in [-0.05, 0) is 18.4 Å². The van der Waals surface area contributed by atoms with Gasteiger partial charge in [-0.1, -0.05) is 13.0 Å². The fourth-order valence-electron chi connectivity index (χ4n) is 1.02. The van der Waals surface area contributed by atoms with Crippen molar-refractivity contribution in [2.75, 3.05) is 5.75 Å². The molecule has 0 saturated heterocycles. The van der Waals surface area contributed by atoms with Gasteiger partial charge in [0.1, 0.15) is 4.21 Å². The number of thiophene rings is 1. The van der Waals surface area contributed by atoms with Gasteiger partial charge in [0.05, 0.1) is 0 Å². The first-order valence-electron chi connectivity index (χ1n) is 4.31. The van der Waals surface area contributed by atoms with E-state index < -0.39 is 24.3 Å². The van der Waals surface area contributed by atoms with Gasteiger partial charge in [-0.3, -0.25) is 0 Å². The minimum Gasteiger partial charge on any atom is -0.228 e. The molecule has 0 saturated carbocycles. The molecule has 0 aromatic carbocycles. The zero-order valence-corrected chi connectivity index (χ0v) is 10.8. The van der Waals surface area contributed by atoms with Crippen LogP contribution in [0.1, 0.15) is 13.8 Å². The van der Waals surface area contributed by atoms with Gasteiger partial charge in [-0.15, -0.1) is 11.3 Å². The monoisotopic (exact) mass is 268 g/mol. The highest BCUT2D eigenvalue weighted by Crippen LogP contribution is 2.24. The lowest BCUT2D eigenvalue weighted by atomic mass is 10.7. The molecule has 0 fully saturated rings. The molecule has 0 bridgehead atoms. The minimum absolute atomic E-state index is 0.104. The summed E-state index contributed by atoms with van der Waals surface area (Å²) in [5.74, 6) is -0.168. The smallest absolute Gasteiger partial charge is 0.204 e. The van der Waals surface area contributed by atoms with Gasteiger partial charge >= 0.3 is 0 Å². The highest BCUT2D eigenvalue weighted by atomic mass is 32.3. The highest BCUT2D eigenvalue weighted by Gasteiger charge is 2.33. The Morgan fingerprint density at radius 3 is 2.33 bits per heavy atom. The summed E-state index contributed by atoms with van der Waals surface area (Å²) in [6.07, 6.45) is 0. The predicted molar refractivity (Wildman–Crippen MR) is 60.4 cm³/mol. The van der Waals surface area contributed by atoms with Crippen LogP contribution in [0.25, 0.3) is 0 Å². The second-order valence-corrected chi connectivity index (χ2v) is 9.35. The molecule has 15 heavy (non-hydrogen) atoms. The molecule has 86 valence electrons. The lowest BCUT2D eigenvalue weighted by Crippen LogP contribution is -2.28. The number of rotatable bonds is 4. The van der Waals surface area contributed by atoms with Crippen LogP contribution in [0.2, 0.25) is 0 Å². The summed E-state index contributed by atoms with van der Waals surface area (Å²) in [6, 6.07) is 3.00. The zero-order chi connectivity index (χ0) is 11.7. The first-order chi connectivity index (χ1) is 6.82. The van der Waals surface area contributed by atoms with E-state index in [-0.39, 0.29) is 9.96 Å². The molecule has 1 rings (SSSR count). The van der Waals surface area contributed by atoms with Crippen LogP contribution in [0.5, 0.6) is 0 Å². The quantitative estimate of drug-likeness (QED) is 0.825. The molecular weight excluding hydrogens is 256 g/mol. The van der Waals surface area contributed by atoms with Crippen molar-refractivity contribution in [3.05, 3.63) is 17.5 Å². The SMILES string of the molecule is CCS(=O)(=O)C(C)S(=O)(=O)c1cccs1. The van der Waals surface area contributed by atoms with Gasteiger partial charge in [-0.2, -0.15) is 0 Å². The largest absolute Gasteiger partial charge is 0.228 e. The first kappa shape index (κ1) is 12.7. The van der Waals surface area contributed by atoms with E-state index in [1.807, 2.05) is 0 Å². The Balaban J connectivity index is 3.21. The van der Waals surface area contributed by atoms with Crippen molar-refractivity contribution in [3.63, 3.8) is 0 Å². The van der Waals surface area contributed by atoms with Crippen LogP contribution in [-0.4, -0.2) is 27.2 Å². The Labute approximate surface area is 93.8 Å². The van der Waals surface area contributed by atoms with Crippen molar-refractivity contribution in [1.29, 1.82) is 0 Å². The summed E-state index contributed by atoms with van der Waals surface area (Å²) in [5.41, 5.74) is 0. The molecule has 0 N–H and O–H groups in total. The Hall–Kier alpha value is -0.400. The molecule has 1 aromatic rings. The van der Waals surface area contributed by atoms with Gasteiger partial charge in [0.2, 0.25) is 9.84 Å². The molecule has 1 aromatic heterocycles. The molecule has 0 amide bonds. The van der Waals surface area contributed by atoms with E-state index in [2.05, 4.69) is 0 Å². The Morgan fingerprint density at radius 1 is 1.33 bits per heavy atom. The second-order valence-electron chi connectivity index (χ2n) is 3.00. The average Bonchev–Trinajstić information content (AvgIpc) is 2.69. The van der Waals surface area contributed by atoms with Crippen LogP contribution in [0.3, 0.4) is 0 Å². The highest BCUT2D eigenvalue weighted by molar-refractivity contribution is 8.09. The first-order valence-corrected chi connectivity index (χ1v) is 8.45. The van der Waals surface area contributed by atoms with Gasteiger partial charge in [0, 0.05) is 5.75 Å². The Kier molecular flexibility index (Phi) is 3.57. The van der Waals surface area contributed by atoms with E-state index in [0.29, 0.717) is 0 Å². The van der Waals surface area contributed by atoms with E-state index in [1.54, 1.807) is 11.4 Å².